The molecule has 0 radical (unpaired) electrons. The van der Waals surface area contributed by atoms with Gasteiger partial charge in [0.25, 0.3) is 0 Å². The Balaban J connectivity index is 1.55. The summed E-state index contributed by atoms with van der Waals surface area (Å²) >= 11 is 6.25. The van der Waals surface area contributed by atoms with E-state index in [4.69, 9.17) is 21.8 Å². The molecule has 164 valence electrons. The van der Waals surface area contributed by atoms with Crippen LogP contribution in [0, 0.1) is 0 Å². The van der Waals surface area contributed by atoms with Crippen LogP contribution in [0.3, 0.4) is 0 Å². The fraction of sp³-hybridized carbons (Fsp3) is 0.318. The molecule has 0 saturated carbocycles. The maximum atomic E-state index is 13.1. The predicted octanol–water partition coefficient (Wildman–Crippen LogP) is 3.74. The van der Waals surface area contributed by atoms with Crippen molar-refractivity contribution in [3.8, 4) is 22.8 Å². The minimum atomic E-state index is -0.128. The highest BCUT2D eigenvalue weighted by atomic mass is 35.5. The molecule has 0 aromatic carbocycles. The molecule has 1 aliphatic rings. The molecule has 1 atom stereocenters. The maximum absolute atomic E-state index is 13.1. The van der Waals surface area contributed by atoms with Gasteiger partial charge in [0.15, 0.2) is 17.3 Å². The van der Waals surface area contributed by atoms with E-state index in [0.29, 0.717) is 40.2 Å². The molecule has 0 spiro atoms. The molecule has 1 fully saturated rings. The van der Waals surface area contributed by atoms with Crippen LogP contribution in [0.25, 0.3) is 28.5 Å². The highest BCUT2D eigenvalue weighted by molar-refractivity contribution is 6.29. The molecule has 1 saturated heterocycles. The third-order valence-electron chi connectivity index (χ3n) is 5.93. The number of likely N-dealkylation sites (tertiary alicyclic amines) is 1. The zero-order valence-corrected chi connectivity index (χ0v) is 18.3. The number of carbonyl (C=O) groups is 1. The van der Waals surface area contributed by atoms with Gasteiger partial charge in [-0.05, 0) is 45.0 Å². The number of oxazole rings is 1. The summed E-state index contributed by atoms with van der Waals surface area (Å²) in [5.41, 5.74) is 8.50. The zero-order chi connectivity index (χ0) is 22.2. The van der Waals surface area contributed by atoms with E-state index < -0.39 is 0 Å². The van der Waals surface area contributed by atoms with E-state index in [0.717, 1.165) is 25.8 Å². The molecule has 5 heterocycles. The number of hydrogen-bond donors (Lipinski definition) is 1. The molecule has 9 nitrogen and oxygen atoms in total. The van der Waals surface area contributed by atoms with Crippen molar-refractivity contribution in [1.82, 2.24) is 29.2 Å². The Morgan fingerprint density at radius 1 is 1.28 bits per heavy atom. The summed E-state index contributed by atoms with van der Waals surface area (Å²) in [5.74, 6) is 0.202. The zero-order valence-electron chi connectivity index (χ0n) is 17.5. The average Bonchev–Trinajstić information content (AvgIpc) is 3.54. The van der Waals surface area contributed by atoms with Gasteiger partial charge in [0, 0.05) is 24.2 Å². The summed E-state index contributed by atoms with van der Waals surface area (Å²) in [7, 11) is 2.09. The van der Waals surface area contributed by atoms with Gasteiger partial charge in [0.05, 0.1) is 12.4 Å². The summed E-state index contributed by atoms with van der Waals surface area (Å²) in [5, 5.41) is 0.458. The molecule has 0 aliphatic carbocycles. The smallest absolute Gasteiger partial charge is 0.247 e. The van der Waals surface area contributed by atoms with Crippen LogP contribution in [0.1, 0.15) is 36.2 Å². The number of nitrogens with two attached hydrogens (primary N) is 1. The average molecular weight is 452 g/mol. The molecule has 0 bridgehead atoms. The lowest BCUT2D eigenvalue weighted by Crippen LogP contribution is -2.25. The molecular formula is C22H22ClN7O2. The number of Topliss-reactive ketones (excluding diaryl/α,β-unsaturated/α-hetero) is 1. The van der Waals surface area contributed by atoms with Crippen molar-refractivity contribution in [2.75, 3.05) is 19.3 Å². The molecule has 2 N–H and O–H groups in total. The van der Waals surface area contributed by atoms with Gasteiger partial charge in [-0.25, -0.2) is 19.9 Å². The van der Waals surface area contributed by atoms with E-state index in [1.54, 1.807) is 16.8 Å². The normalized spacial score (nSPS) is 16.8. The van der Waals surface area contributed by atoms with Gasteiger partial charge in [0.1, 0.15) is 28.5 Å². The highest BCUT2D eigenvalue weighted by Crippen LogP contribution is 2.31. The van der Waals surface area contributed by atoms with Crippen LogP contribution < -0.4 is 5.73 Å². The molecule has 4 aromatic heterocycles. The molecular weight excluding hydrogens is 430 g/mol. The highest BCUT2D eigenvalue weighted by Gasteiger charge is 2.25. The number of aromatic nitrogens is 5. The van der Waals surface area contributed by atoms with Crippen LogP contribution in [-0.2, 0) is 0 Å². The number of nitrogens with zero attached hydrogens (tertiary/aromatic N) is 6. The summed E-state index contributed by atoms with van der Waals surface area (Å²) in [6.45, 7) is 1.06. The maximum Gasteiger partial charge on any atom is 0.247 e. The molecule has 10 heteroatoms. The van der Waals surface area contributed by atoms with Crippen molar-refractivity contribution in [3.63, 3.8) is 0 Å². The fourth-order valence-electron chi connectivity index (χ4n) is 4.20. The second kappa shape index (κ2) is 8.33. The molecule has 1 aliphatic heterocycles. The number of halogens is 1. The van der Waals surface area contributed by atoms with Crippen LogP contribution in [0.2, 0.25) is 5.15 Å². The number of fused-ring (bicyclic) bond motifs is 1. The topological polar surface area (TPSA) is 115 Å². The van der Waals surface area contributed by atoms with Crippen molar-refractivity contribution in [2.24, 2.45) is 0 Å². The third kappa shape index (κ3) is 3.74. The summed E-state index contributed by atoms with van der Waals surface area (Å²) in [6.07, 6.45) is 9.71. The van der Waals surface area contributed by atoms with E-state index >= 15 is 0 Å². The van der Waals surface area contributed by atoms with Crippen molar-refractivity contribution >= 4 is 28.8 Å². The monoisotopic (exact) mass is 451 g/mol. The van der Waals surface area contributed by atoms with E-state index in [2.05, 4.69) is 31.9 Å². The number of carbonyl (C=O) groups excluding carboxylic acids is 1. The number of imidazole rings is 1. The molecule has 0 unspecified atom stereocenters. The quantitative estimate of drug-likeness (QED) is 0.441. The number of nitrogen functional groups attached to an aromatic ring is 1. The van der Waals surface area contributed by atoms with Crippen LogP contribution in [0.5, 0.6) is 0 Å². The van der Waals surface area contributed by atoms with Gasteiger partial charge in [-0.15, -0.1) is 0 Å². The van der Waals surface area contributed by atoms with Gasteiger partial charge in [-0.3, -0.25) is 9.20 Å². The number of anilines is 1. The van der Waals surface area contributed by atoms with Crippen molar-refractivity contribution in [2.45, 2.75) is 31.7 Å². The SMILES string of the molecule is CN1CCC[C@H]1CCC(=O)c1nc(-c2ccc3ncc(Cl)n3c2)c(-c2ncco2)nc1N. The van der Waals surface area contributed by atoms with Gasteiger partial charge in [-0.1, -0.05) is 11.6 Å². The minimum Gasteiger partial charge on any atom is -0.443 e. The van der Waals surface area contributed by atoms with Gasteiger partial charge < -0.3 is 15.1 Å². The summed E-state index contributed by atoms with van der Waals surface area (Å²) < 4.78 is 7.18. The Labute approximate surface area is 189 Å². The van der Waals surface area contributed by atoms with Gasteiger partial charge in [0.2, 0.25) is 5.89 Å². The molecule has 4 aromatic rings. The number of pyridine rings is 1. The lowest BCUT2D eigenvalue weighted by atomic mass is 10.0. The Kier molecular flexibility index (Phi) is 5.36. The Bertz CT molecular complexity index is 1290. The predicted molar refractivity (Wildman–Crippen MR) is 120 cm³/mol. The standard InChI is InChI=1S/C22H22ClN7O2/c1-29-9-2-3-14(29)5-6-15(31)19-21(24)28-20(22-25-8-10-32-22)18(27-19)13-4-7-17-26-11-16(23)30(17)12-13/h4,7-8,10-12,14H,2-3,5-6,9H2,1H3,(H2,24,28)/t14-/m0/s1. The van der Waals surface area contributed by atoms with E-state index in [1.165, 1.54) is 12.5 Å². The van der Waals surface area contributed by atoms with Crippen molar-refractivity contribution < 1.29 is 9.21 Å². The largest absolute Gasteiger partial charge is 0.443 e. The van der Waals surface area contributed by atoms with Crippen LogP contribution in [0.15, 0.2) is 41.4 Å². The van der Waals surface area contributed by atoms with Crippen molar-refractivity contribution in [1.29, 1.82) is 0 Å². The fourth-order valence-corrected chi connectivity index (χ4v) is 4.38. The Hall–Kier alpha value is -3.30. The van der Waals surface area contributed by atoms with E-state index in [9.17, 15) is 4.79 Å². The van der Waals surface area contributed by atoms with Crippen molar-refractivity contribution in [3.05, 3.63) is 47.8 Å². The lowest BCUT2D eigenvalue weighted by Gasteiger charge is -2.18. The van der Waals surface area contributed by atoms with E-state index in [-0.39, 0.29) is 23.2 Å². The van der Waals surface area contributed by atoms with Crippen LogP contribution in [-0.4, -0.2) is 54.7 Å². The van der Waals surface area contributed by atoms with Crippen LogP contribution in [0.4, 0.5) is 5.82 Å². The molecule has 5 rings (SSSR count). The third-order valence-corrected chi connectivity index (χ3v) is 6.21. The lowest BCUT2D eigenvalue weighted by molar-refractivity contribution is 0.0966. The van der Waals surface area contributed by atoms with Crippen LogP contribution >= 0.6 is 11.6 Å². The number of rotatable bonds is 6. The summed E-state index contributed by atoms with van der Waals surface area (Å²) in [6, 6.07) is 4.06. The van der Waals surface area contributed by atoms with Gasteiger partial charge >= 0.3 is 0 Å². The number of ketones is 1. The Morgan fingerprint density at radius 2 is 2.16 bits per heavy atom. The first-order valence-corrected chi connectivity index (χ1v) is 10.8. The summed E-state index contributed by atoms with van der Waals surface area (Å²) in [4.78, 5) is 32.9. The van der Waals surface area contributed by atoms with E-state index in [1.807, 2.05) is 12.1 Å². The number of hydrogen-bond acceptors (Lipinski definition) is 8. The first kappa shape index (κ1) is 20.6. The molecule has 32 heavy (non-hydrogen) atoms. The first-order valence-electron chi connectivity index (χ1n) is 10.4. The first-order chi connectivity index (χ1) is 15.5. The van der Waals surface area contributed by atoms with Gasteiger partial charge in [-0.2, -0.15) is 0 Å². The Morgan fingerprint density at radius 3 is 2.91 bits per heavy atom. The second-order valence-electron chi connectivity index (χ2n) is 7.96. The minimum absolute atomic E-state index is 0.0634. The second-order valence-corrected chi connectivity index (χ2v) is 8.34. The molecule has 0 amide bonds.